The molecule has 0 aromatic carbocycles. The van der Waals surface area contributed by atoms with Gasteiger partial charge in [0.1, 0.15) is 5.01 Å². The average Bonchev–Trinajstić information content (AvgIpc) is 3.05. The van der Waals surface area contributed by atoms with Crippen molar-refractivity contribution >= 4 is 23.2 Å². The molecule has 0 bridgehead atoms. The monoisotopic (exact) mass is 335 g/mol. The van der Waals surface area contributed by atoms with Crippen LogP contribution in [0.3, 0.4) is 0 Å². The minimum absolute atomic E-state index is 0.0112. The first-order chi connectivity index (χ1) is 11.1. The van der Waals surface area contributed by atoms with Gasteiger partial charge in [-0.3, -0.25) is 9.59 Å². The number of amides is 2. The lowest BCUT2D eigenvalue weighted by molar-refractivity contribution is -0.144. The maximum absolute atomic E-state index is 12.7. The second kappa shape index (κ2) is 6.99. The van der Waals surface area contributed by atoms with E-state index >= 15 is 0 Å². The van der Waals surface area contributed by atoms with Crippen LogP contribution in [0.5, 0.6) is 0 Å². The highest BCUT2D eigenvalue weighted by atomic mass is 32.1. The van der Waals surface area contributed by atoms with Crippen LogP contribution in [0.25, 0.3) is 0 Å². The van der Waals surface area contributed by atoms with Crippen LogP contribution in [0, 0.1) is 11.8 Å². The summed E-state index contributed by atoms with van der Waals surface area (Å²) in [5.41, 5.74) is 0. The molecule has 0 spiro atoms. The van der Waals surface area contributed by atoms with Gasteiger partial charge in [0.2, 0.25) is 11.8 Å². The number of carbonyl (C=O) groups is 2. The van der Waals surface area contributed by atoms with Gasteiger partial charge in [-0.1, -0.05) is 6.42 Å². The van der Waals surface area contributed by atoms with Crippen molar-refractivity contribution in [3.8, 4) is 0 Å². The Bertz CT molecular complexity index is 548. The fourth-order valence-corrected chi connectivity index (χ4v) is 4.08. The first kappa shape index (κ1) is 16.4. The van der Waals surface area contributed by atoms with Crippen LogP contribution in [-0.2, 0) is 9.59 Å². The Hall–Kier alpha value is -1.43. The number of rotatable bonds is 4. The molecule has 2 amide bonds. The number of aromatic nitrogens is 1. The van der Waals surface area contributed by atoms with E-state index in [0.29, 0.717) is 5.91 Å². The van der Waals surface area contributed by atoms with Gasteiger partial charge in [-0.15, -0.1) is 11.3 Å². The molecule has 126 valence electrons. The van der Waals surface area contributed by atoms with Crippen LogP contribution in [0.15, 0.2) is 11.6 Å². The molecule has 1 saturated carbocycles. The maximum atomic E-state index is 12.7. The van der Waals surface area contributed by atoms with E-state index in [2.05, 4.69) is 4.98 Å². The summed E-state index contributed by atoms with van der Waals surface area (Å²) in [6.45, 7) is 3.47. The van der Waals surface area contributed by atoms with Gasteiger partial charge >= 0.3 is 0 Å². The van der Waals surface area contributed by atoms with Crippen molar-refractivity contribution in [3.05, 3.63) is 16.6 Å². The van der Waals surface area contributed by atoms with Crippen molar-refractivity contribution in [2.24, 2.45) is 11.8 Å². The third-order valence-corrected chi connectivity index (χ3v) is 6.29. The zero-order valence-electron chi connectivity index (χ0n) is 13.9. The molecule has 1 aromatic rings. The van der Waals surface area contributed by atoms with Gasteiger partial charge in [0.15, 0.2) is 0 Å². The summed E-state index contributed by atoms with van der Waals surface area (Å²) in [4.78, 5) is 33.1. The first-order valence-electron chi connectivity index (χ1n) is 8.52. The van der Waals surface area contributed by atoms with Crippen LogP contribution in [0.1, 0.15) is 50.1 Å². The van der Waals surface area contributed by atoms with E-state index in [1.165, 1.54) is 6.42 Å². The molecule has 5 nitrogen and oxygen atoms in total. The van der Waals surface area contributed by atoms with Crippen LogP contribution in [-0.4, -0.2) is 46.7 Å². The fourth-order valence-electron chi connectivity index (χ4n) is 3.35. The molecule has 1 unspecified atom stereocenters. The Labute approximate surface area is 141 Å². The SMILES string of the molecule is CC(c1nccs1)N(C)C(=O)C1CCN(C(=O)C2CCC2)CC1. The van der Waals surface area contributed by atoms with Crippen LogP contribution in [0.2, 0.25) is 0 Å². The van der Waals surface area contributed by atoms with Gasteiger partial charge in [-0.25, -0.2) is 4.98 Å². The van der Waals surface area contributed by atoms with Crippen molar-refractivity contribution in [3.63, 3.8) is 0 Å². The molecule has 1 saturated heterocycles. The standard InChI is InChI=1S/C17H25N3O2S/c1-12(15-18-8-11-23-15)19(2)16(21)14-6-9-20(10-7-14)17(22)13-4-3-5-13/h8,11-14H,3-7,9-10H2,1-2H3. The molecular formula is C17H25N3O2S. The molecule has 0 radical (unpaired) electrons. The summed E-state index contributed by atoms with van der Waals surface area (Å²) in [5, 5.41) is 2.91. The fraction of sp³-hybridized carbons (Fsp3) is 0.706. The number of hydrogen-bond donors (Lipinski definition) is 0. The number of thiazole rings is 1. The van der Waals surface area contributed by atoms with E-state index in [9.17, 15) is 9.59 Å². The molecular weight excluding hydrogens is 310 g/mol. The van der Waals surface area contributed by atoms with Gasteiger partial charge in [-0.2, -0.15) is 0 Å². The van der Waals surface area contributed by atoms with Gasteiger partial charge in [0.25, 0.3) is 0 Å². The van der Waals surface area contributed by atoms with Crippen LogP contribution in [0.4, 0.5) is 0 Å². The number of hydrogen-bond acceptors (Lipinski definition) is 4. The molecule has 2 heterocycles. The number of carbonyl (C=O) groups excluding carboxylic acids is 2. The number of likely N-dealkylation sites (tertiary alicyclic amines) is 1. The average molecular weight is 335 g/mol. The molecule has 0 N–H and O–H groups in total. The molecule has 2 aliphatic rings. The molecule has 23 heavy (non-hydrogen) atoms. The number of nitrogens with zero attached hydrogens (tertiary/aromatic N) is 3. The molecule has 6 heteroatoms. The summed E-state index contributed by atoms with van der Waals surface area (Å²) in [5.74, 6) is 0.790. The largest absolute Gasteiger partial charge is 0.342 e. The van der Waals surface area contributed by atoms with E-state index < -0.39 is 0 Å². The highest BCUT2D eigenvalue weighted by Crippen LogP contribution is 2.31. The lowest BCUT2D eigenvalue weighted by Crippen LogP contribution is -2.46. The Balaban J connectivity index is 1.52. The summed E-state index contributed by atoms with van der Waals surface area (Å²) in [6, 6.07) is 0.0112. The summed E-state index contributed by atoms with van der Waals surface area (Å²) >= 11 is 1.58. The zero-order valence-corrected chi connectivity index (χ0v) is 14.7. The maximum Gasteiger partial charge on any atom is 0.226 e. The second-order valence-electron chi connectivity index (χ2n) is 6.72. The third-order valence-electron chi connectivity index (χ3n) is 5.35. The first-order valence-corrected chi connectivity index (χ1v) is 9.40. The van der Waals surface area contributed by atoms with E-state index in [1.54, 1.807) is 17.5 Å². The van der Waals surface area contributed by atoms with Gasteiger partial charge in [0.05, 0.1) is 6.04 Å². The van der Waals surface area contributed by atoms with Crippen molar-refractivity contribution in [2.75, 3.05) is 20.1 Å². The number of piperidine rings is 1. The lowest BCUT2D eigenvalue weighted by Gasteiger charge is -2.37. The minimum atomic E-state index is 0.0112. The highest BCUT2D eigenvalue weighted by Gasteiger charge is 2.34. The van der Waals surface area contributed by atoms with Gasteiger partial charge in [-0.05, 0) is 32.6 Å². The van der Waals surface area contributed by atoms with Crippen molar-refractivity contribution < 1.29 is 9.59 Å². The Morgan fingerprint density at radius 1 is 1.26 bits per heavy atom. The van der Waals surface area contributed by atoms with Crippen molar-refractivity contribution in [1.82, 2.24) is 14.8 Å². The van der Waals surface area contributed by atoms with Crippen LogP contribution >= 0.6 is 11.3 Å². The quantitative estimate of drug-likeness (QED) is 0.850. The van der Waals surface area contributed by atoms with E-state index in [-0.39, 0.29) is 23.8 Å². The topological polar surface area (TPSA) is 53.5 Å². The normalized spacial score (nSPS) is 20.9. The molecule has 1 aliphatic heterocycles. The molecule has 1 aromatic heterocycles. The highest BCUT2D eigenvalue weighted by molar-refractivity contribution is 7.09. The lowest BCUT2D eigenvalue weighted by atomic mass is 9.83. The van der Waals surface area contributed by atoms with E-state index in [1.807, 2.05) is 29.2 Å². The van der Waals surface area contributed by atoms with E-state index in [0.717, 1.165) is 43.8 Å². The minimum Gasteiger partial charge on any atom is -0.342 e. The molecule has 3 rings (SSSR count). The smallest absolute Gasteiger partial charge is 0.226 e. The molecule has 1 aliphatic carbocycles. The summed E-state index contributed by atoms with van der Waals surface area (Å²) in [7, 11) is 1.86. The molecule has 2 fully saturated rings. The van der Waals surface area contributed by atoms with Gasteiger partial charge in [0, 0.05) is 43.5 Å². The Kier molecular flexibility index (Phi) is 4.99. The zero-order chi connectivity index (χ0) is 16.4. The predicted octanol–water partition coefficient (Wildman–Crippen LogP) is 2.70. The summed E-state index contributed by atoms with van der Waals surface area (Å²) < 4.78 is 0. The van der Waals surface area contributed by atoms with Crippen molar-refractivity contribution in [2.45, 2.75) is 45.1 Å². The Morgan fingerprint density at radius 2 is 1.96 bits per heavy atom. The third kappa shape index (κ3) is 3.42. The van der Waals surface area contributed by atoms with Gasteiger partial charge < -0.3 is 9.80 Å². The predicted molar refractivity (Wildman–Crippen MR) is 89.9 cm³/mol. The summed E-state index contributed by atoms with van der Waals surface area (Å²) in [6.07, 6.45) is 6.63. The van der Waals surface area contributed by atoms with E-state index in [4.69, 9.17) is 0 Å². The van der Waals surface area contributed by atoms with Crippen LogP contribution < -0.4 is 0 Å². The molecule has 1 atom stereocenters. The second-order valence-corrected chi connectivity index (χ2v) is 7.65. The Morgan fingerprint density at radius 3 is 2.48 bits per heavy atom. The van der Waals surface area contributed by atoms with Crippen molar-refractivity contribution in [1.29, 1.82) is 0 Å².